The van der Waals surface area contributed by atoms with E-state index in [-0.39, 0.29) is 12.0 Å². The van der Waals surface area contributed by atoms with Crippen LogP contribution in [-0.2, 0) is 9.53 Å². The Kier molecular flexibility index (Phi) is 6.97. The molecule has 186 valence electrons. The van der Waals surface area contributed by atoms with Gasteiger partial charge in [-0.15, -0.1) is 0 Å². The summed E-state index contributed by atoms with van der Waals surface area (Å²) >= 11 is 0. The maximum Gasteiger partial charge on any atom is 0.410 e. The van der Waals surface area contributed by atoms with Gasteiger partial charge in [0.05, 0.1) is 11.3 Å². The molecule has 36 heavy (non-hydrogen) atoms. The van der Waals surface area contributed by atoms with Crippen LogP contribution in [-0.4, -0.2) is 58.6 Å². The number of aromatic amines is 1. The standard InChI is InChI=1S/C27H30N6O3/c1-18(34)30-22-7-5-6-19(14-22)23-15-20(8-9-29-23)24-16-21(17-28)25(31-24)32-10-12-33(13-11-32)26(35)36-27(2,3)4/h5-9,14-16,31H,10-13H2,1-4H3,(H,30,34). The summed E-state index contributed by atoms with van der Waals surface area (Å²) in [5, 5.41) is 12.6. The molecule has 3 aromatic rings. The Balaban J connectivity index is 1.53. The van der Waals surface area contributed by atoms with Crippen molar-refractivity contribution in [2.24, 2.45) is 0 Å². The lowest BCUT2D eigenvalue weighted by atomic mass is 10.1. The van der Waals surface area contributed by atoms with Crippen molar-refractivity contribution in [2.45, 2.75) is 33.3 Å². The second-order valence-corrected chi connectivity index (χ2v) is 9.70. The highest BCUT2D eigenvalue weighted by molar-refractivity contribution is 5.89. The van der Waals surface area contributed by atoms with Crippen LogP contribution in [0, 0.1) is 11.3 Å². The third kappa shape index (κ3) is 5.84. The first-order valence-electron chi connectivity index (χ1n) is 11.8. The van der Waals surface area contributed by atoms with Crippen LogP contribution < -0.4 is 10.2 Å². The molecule has 2 N–H and O–H groups in total. The van der Waals surface area contributed by atoms with E-state index in [1.54, 1.807) is 11.1 Å². The van der Waals surface area contributed by atoms with E-state index in [1.165, 1.54) is 6.92 Å². The molecule has 0 saturated carbocycles. The smallest absolute Gasteiger partial charge is 0.410 e. The van der Waals surface area contributed by atoms with Gasteiger partial charge in [0.25, 0.3) is 0 Å². The largest absolute Gasteiger partial charge is 0.444 e. The molecular weight excluding hydrogens is 456 g/mol. The molecule has 1 aliphatic rings. The normalized spacial score (nSPS) is 13.8. The maximum absolute atomic E-state index is 12.4. The molecular formula is C27H30N6O3. The minimum atomic E-state index is -0.537. The van der Waals surface area contributed by atoms with Crippen LogP contribution in [0.25, 0.3) is 22.5 Å². The van der Waals surface area contributed by atoms with E-state index < -0.39 is 5.60 Å². The lowest BCUT2D eigenvalue weighted by Crippen LogP contribution is -2.50. The third-order valence-corrected chi connectivity index (χ3v) is 5.71. The van der Waals surface area contributed by atoms with Crippen molar-refractivity contribution in [1.82, 2.24) is 14.9 Å². The van der Waals surface area contributed by atoms with Crippen molar-refractivity contribution >= 4 is 23.5 Å². The van der Waals surface area contributed by atoms with Gasteiger partial charge >= 0.3 is 6.09 Å². The Bertz CT molecular complexity index is 1310. The summed E-state index contributed by atoms with van der Waals surface area (Å²) in [5.74, 6) is 0.603. The van der Waals surface area contributed by atoms with Crippen molar-refractivity contribution in [2.75, 3.05) is 36.4 Å². The van der Waals surface area contributed by atoms with E-state index in [4.69, 9.17) is 4.74 Å². The van der Waals surface area contributed by atoms with Crippen molar-refractivity contribution in [3.63, 3.8) is 0 Å². The quantitative estimate of drug-likeness (QED) is 0.556. The molecule has 0 radical (unpaired) electrons. The topological polar surface area (TPSA) is 114 Å². The number of ether oxygens (including phenoxy) is 1. The summed E-state index contributed by atoms with van der Waals surface area (Å²) in [7, 11) is 0. The van der Waals surface area contributed by atoms with Gasteiger partial charge in [-0.05, 0) is 51.1 Å². The highest BCUT2D eigenvalue weighted by Crippen LogP contribution is 2.30. The maximum atomic E-state index is 12.4. The van der Waals surface area contributed by atoms with Crippen LogP contribution in [0.5, 0.6) is 0 Å². The van der Waals surface area contributed by atoms with E-state index in [0.717, 1.165) is 28.3 Å². The Hall–Kier alpha value is -4.32. The van der Waals surface area contributed by atoms with E-state index in [9.17, 15) is 14.9 Å². The first-order valence-corrected chi connectivity index (χ1v) is 11.8. The summed E-state index contributed by atoms with van der Waals surface area (Å²) in [6, 6.07) is 15.5. The summed E-state index contributed by atoms with van der Waals surface area (Å²) in [6.07, 6.45) is 1.41. The van der Waals surface area contributed by atoms with Gasteiger partial charge in [0.1, 0.15) is 17.5 Å². The molecule has 1 saturated heterocycles. The number of hydrogen-bond donors (Lipinski definition) is 2. The first kappa shape index (κ1) is 24.8. The fourth-order valence-corrected chi connectivity index (χ4v) is 4.09. The molecule has 1 aliphatic heterocycles. The van der Waals surface area contributed by atoms with Crippen LogP contribution in [0.15, 0.2) is 48.7 Å². The number of hydrogen-bond acceptors (Lipinski definition) is 6. The molecule has 2 amide bonds. The molecule has 9 heteroatoms. The van der Waals surface area contributed by atoms with Gasteiger partial charge in [-0.3, -0.25) is 9.78 Å². The summed E-state index contributed by atoms with van der Waals surface area (Å²) in [6.45, 7) is 9.23. The van der Waals surface area contributed by atoms with Gasteiger partial charge in [-0.2, -0.15) is 5.26 Å². The molecule has 0 atom stereocenters. The number of anilines is 2. The molecule has 0 aliphatic carbocycles. The average molecular weight is 487 g/mol. The SMILES string of the molecule is CC(=O)Nc1cccc(-c2cc(-c3cc(C#N)c(N4CCN(C(=O)OC(C)(C)C)CC4)[nH]3)ccn2)c1. The van der Waals surface area contributed by atoms with Crippen LogP contribution >= 0.6 is 0 Å². The van der Waals surface area contributed by atoms with Crippen molar-refractivity contribution in [3.05, 3.63) is 54.2 Å². The Labute approximate surface area is 210 Å². The number of nitrogens with zero attached hydrogens (tertiary/aromatic N) is 4. The van der Waals surface area contributed by atoms with Gasteiger partial charge in [0.15, 0.2) is 0 Å². The minimum Gasteiger partial charge on any atom is -0.444 e. The highest BCUT2D eigenvalue weighted by Gasteiger charge is 2.27. The molecule has 3 heterocycles. The third-order valence-electron chi connectivity index (χ3n) is 5.71. The summed E-state index contributed by atoms with van der Waals surface area (Å²) in [4.78, 5) is 35.5. The Morgan fingerprint density at radius 3 is 2.50 bits per heavy atom. The molecule has 1 aromatic carbocycles. The number of benzene rings is 1. The Morgan fingerprint density at radius 1 is 1.08 bits per heavy atom. The fraction of sp³-hybridized carbons (Fsp3) is 0.333. The van der Waals surface area contributed by atoms with Crippen LogP contribution in [0.4, 0.5) is 16.3 Å². The van der Waals surface area contributed by atoms with Gasteiger partial charge < -0.3 is 24.8 Å². The second kappa shape index (κ2) is 10.1. The van der Waals surface area contributed by atoms with Crippen molar-refractivity contribution in [1.29, 1.82) is 5.26 Å². The molecule has 2 aromatic heterocycles. The second-order valence-electron chi connectivity index (χ2n) is 9.70. The molecule has 4 rings (SSSR count). The fourth-order valence-electron chi connectivity index (χ4n) is 4.09. The monoisotopic (exact) mass is 486 g/mol. The van der Waals surface area contributed by atoms with Crippen LogP contribution in [0.2, 0.25) is 0 Å². The lowest BCUT2D eigenvalue weighted by Gasteiger charge is -2.36. The molecule has 9 nitrogen and oxygen atoms in total. The summed E-state index contributed by atoms with van der Waals surface area (Å²) < 4.78 is 5.48. The number of piperazine rings is 1. The predicted molar refractivity (Wildman–Crippen MR) is 138 cm³/mol. The van der Waals surface area contributed by atoms with E-state index in [1.807, 2.05) is 63.2 Å². The zero-order valence-corrected chi connectivity index (χ0v) is 21.0. The number of aromatic nitrogens is 2. The van der Waals surface area contributed by atoms with Gasteiger partial charge in [-0.25, -0.2) is 4.79 Å². The highest BCUT2D eigenvalue weighted by atomic mass is 16.6. The number of carbonyl (C=O) groups excluding carboxylic acids is 2. The first-order chi connectivity index (χ1) is 17.1. The number of H-pyrrole nitrogens is 1. The van der Waals surface area contributed by atoms with E-state index in [0.29, 0.717) is 37.4 Å². The molecule has 1 fully saturated rings. The predicted octanol–water partition coefficient (Wildman–Crippen LogP) is 4.63. The number of nitrogens with one attached hydrogen (secondary N) is 2. The van der Waals surface area contributed by atoms with Gasteiger partial charge in [0, 0.05) is 61.8 Å². The number of pyridine rings is 1. The van der Waals surface area contributed by atoms with Crippen molar-refractivity contribution in [3.8, 4) is 28.6 Å². The summed E-state index contributed by atoms with van der Waals surface area (Å²) in [5.41, 5.74) is 4.02. The van der Waals surface area contributed by atoms with Crippen molar-refractivity contribution < 1.29 is 14.3 Å². The number of nitriles is 1. The zero-order chi connectivity index (χ0) is 25.9. The lowest BCUT2D eigenvalue weighted by molar-refractivity contribution is -0.114. The molecule has 0 unspecified atom stereocenters. The van der Waals surface area contributed by atoms with E-state index in [2.05, 4.69) is 26.3 Å². The average Bonchev–Trinajstić information content (AvgIpc) is 3.28. The molecule has 0 spiro atoms. The van der Waals surface area contributed by atoms with E-state index >= 15 is 0 Å². The zero-order valence-electron chi connectivity index (χ0n) is 21.0. The van der Waals surface area contributed by atoms with Crippen LogP contribution in [0.1, 0.15) is 33.3 Å². The van der Waals surface area contributed by atoms with Crippen LogP contribution in [0.3, 0.4) is 0 Å². The number of rotatable bonds is 4. The number of carbonyl (C=O) groups is 2. The van der Waals surface area contributed by atoms with Gasteiger partial charge in [-0.1, -0.05) is 12.1 Å². The van der Waals surface area contributed by atoms with Gasteiger partial charge in [0.2, 0.25) is 5.91 Å². The number of amides is 2. The Morgan fingerprint density at radius 2 is 1.83 bits per heavy atom. The minimum absolute atomic E-state index is 0.135. The molecule has 0 bridgehead atoms.